The fourth-order valence-electron chi connectivity index (χ4n) is 2.54. The van der Waals surface area contributed by atoms with E-state index in [2.05, 4.69) is 4.98 Å². The highest BCUT2D eigenvalue weighted by molar-refractivity contribution is 7.89. The minimum absolute atomic E-state index is 0.210. The third kappa shape index (κ3) is 2.53. The molecule has 0 spiro atoms. The van der Waals surface area contributed by atoms with Crippen LogP contribution in [0.3, 0.4) is 0 Å². The molecule has 1 fully saturated rings. The number of hydrogen-bond acceptors (Lipinski definition) is 5. The summed E-state index contributed by atoms with van der Waals surface area (Å²) < 4.78 is 32.4. The molecular weight excluding hydrogens is 292 g/mol. The second-order valence-electron chi connectivity index (χ2n) is 4.88. The first-order valence-corrected chi connectivity index (χ1v) is 8.12. The molecule has 21 heavy (non-hydrogen) atoms. The maximum absolute atomic E-state index is 12.9. The Bertz CT molecular complexity index is 742. The molecule has 1 aromatic heterocycles. The van der Waals surface area contributed by atoms with Crippen LogP contribution >= 0.6 is 0 Å². The summed E-state index contributed by atoms with van der Waals surface area (Å²) in [4.78, 5) is 4.25. The predicted molar refractivity (Wildman–Crippen MR) is 77.3 cm³/mol. The van der Waals surface area contributed by atoms with E-state index in [-0.39, 0.29) is 24.7 Å². The third-order valence-electron chi connectivity index (χ3n) is 3.61. The predicted octanol–water partition coefficient (Wildman–Crippen LogP) is 0.617. The molecule has 1 N–H and O–H groups in total. The fraction of sp³-hybridized carbons (Fsp3) is 0.357. The number of sulfonamides is 1. The van der Waals surface area contributed by atoms with E-state index in [0.717, 1.165) is 5.39 Å². The lowest BCUT2D eigenvalue weighted by Crippen LogP contribution is -2.50. The molecule has 0 aliphatic carbocycles. The Hall–Kier alpha value is -1.54. The van der Waals surface area contributed by atoms with Crippen molar-refractivity contribution in [3.05, 3.63) is 36.7 Å². The lowest BCUT2D eigenvalue weighted by atomic mass is 10.2. The summed E-state index contributed by atoms with van der Waals surface area (Å²) in [6, 6.07) is 6.26. The van der Waals surface area contributed by atoms with Crippen LogP contribution in [-0.4, -0.2) is 55.2 Å². The molecule has 3 rings (SSSR count). The molecule has 0 bridgehead atoms. The van der Waals surface area contributed by atoms with Crippen LogP contribution in [0.5, 0.6) is 0 Å². The number of aliphatic hydroxyl groups is 1. The normalized spacial score (nSPS) is 20.7. The van der Waals surface area contributed by atoms with Gasteiger partial charge >= 0.3 is 0 Å². The number of aliphatic hydroxyl groups excluding tert-OH is 1. The Morgan fingerprint density at radius 3 is 3.05 bits per heavy atom. The van der Waals surface area contributed by atoms with Crippen molar-refractivity contribution in [1.82, 2.24) is 9.29 Å². The lowest BCUT2D eigenvalue weighted by molar-refractivity contribution is 0.0109. The highest BCUT2D eigenvalue weighted by Gasteiger charge is 2.34. The van der Waals surface area contributed by atoms with Crippen molar-refractivity contribution in [2.75, 3.05) is 26.4 Å². The van der Waals surface area contributed by atoms with Gasteiger partial charge in [0.1, 0.15) is 0 Å². The van der Waals surface area contributed by atoms with Crippen molar-refractivity contribution < 1.29 is 18.3 Å². The van der Waals surface area contributed by atoms with E-state index in [0.29, 0.717) is 12.0 Å². The van der Waals surface area contributed by atoms with Crippen molar-refractivity contribution in [3.63, 3.8) is 0 Å². The summed E-state index contributed by atoms with van der Waals surface area (Å²) in [6.45, 7) is 0.532. The van der Waals surface area contributed by atoms with Crippen LogP contribution in [0.1, 0.15) is 0 Å². The van der Waals surface area contributed by atoms with Gasteiger partial charge in [0.15, 0.2) is 0 Å². The van der Waals surface area contributed by atoms with Crippen LogP contribution in [0, 0.1) is 0 Å². The molecular formula is C14H16N2O4S. The van der Waals surface area contributed by atoms with Crippen LogP contribution in [0.2, 0.25) is 0 Å². The zero-order valence-electron chi connectivity index (χ0n) is 11.3. The zero-order chi connectivity index (χ0) is 14.9. The van der Waals surface area contributed by atoms with Gasteiger partial charge < -0.3 is 9.84 Å². The largest absolute Gasteiger partial charge is 0.395 e. The highest BCUT2D eigenvalue weighted by atomic mass is 32.2. The van der Waals surface area contributed by atoms with E-state index in [1.165, 1.54) is 4.31 Å². The Kier molecular flexibility index (Phi) is 3.90. The van der Waals surface area contributed by atoms with Gasteiger partial charge in [-0.15, -0.1) is 0 Å². The maximum Gasteiger partial charge on any atom is 0.244 e. The number of ether oxygens (including phenoxy) is 1. The molecule has 1 aromatic carbocycles. The highest BCUT2D eigenvalue weighted by Crippen LogP contribution is 2.27. The number of rotatable bonds is 3. The number of aromatic nitrogens is 1. The number of hydrogen-bond donors (Lipinski definition) is 1. The SMILES string of the molecule is O=S(=O)(c1cccc2cnccc12)N1CCOCC1CO. The second kappa shape index (κ2) is 5.69. The van der Waals surface area contributed by atoms with Crippen LogP contribution in [-0.2, 0) is 14.8 Å². The van der Waals surface area contributed by atoms with Crippen LogP contribution in [0.25, 0.3) is 10.8 Å². The van der Waals surface area contributed by atoms with Crippen molar-refractivity contribution >= 4 is 20.8 Å². The number of nitrogens with zero attached hydrogens (tertiary/aromatic N) is 2. The van der Waals surface area contributed by atoms with Gasteiger partial charge in [0.25, 0.3) is 0 Å². The molecule has 1 aliphatic heterocycles. The summed E-state index contributed by atoms with van der Waals surface area (Å²) >= 11 is 0. The molecule has 0 radical (unpaired) electrons. The summed E-state index contributed by atoms with van der Waals surface area (Å²) in [5.74, 6) is 0. The van der Waals surface area contributed by atoms with Crippen LogP contribution < -0.4 is 0 Å². The summed E-state index contributed by atoms with van der Waals surface area (Å²) in [5.41, 5.74) is 0. The molecule has 2 aromatic rings. The molecule has 112 valence electrons. The average molecular weight is 308 g/mol. The first-order valence-electron chi connectivity index (χ1n) is 6.68. The van der Waals surface area contributed by atoms with Crippen LogP contribution in [0.4, 0.5) is 0 Å². The molecule has 1 saturated heterocycles. The quantitative estimate of drug-likeness (QED) is 0.899. The molecule has 0 amide bonds. The number of pyridine rings is 1. The first-order chi connectivity index (χ1) is 10.1. The standard InChI is InChI=1S/C14H16N2O4S/c17-9-12-10-20-7-6-16(12)21(18,19)14-3-1-2-11-8-15-5-4-13(11)14/h1-5,8,12,17H,6-7,9-10H2. The summed E-state index contributed by atoms with van der Waals surface area (Å²) in [6.07, 6.45) is 3.21. The zero-order valence-corrected chi connectivity index (χ0v) is 12.2. The van der Waals surface area contributed by atoms with Crippen LogP contribution in [0.15, 0.2) is 41.6 Å². The Labute approximate surface area is 123 Å². The minimum Gasteiger partial charge on any atom is -0.395 e. The van der Waals surface area contributed by atoms with Gasteiger partial charge in [-0.3, -0.25) is 4.98 Å². The lowest BCUT2D eigenvalue weighted by Gasteiger charge is -2.33. The molecule has 0 saturated carbocycles. The molecule has 1 aliphatic rings. The van der Waals surface area contributed by atoms with E-state index in [1.807, 2.05) is 6.07 Å². The smallest absolute Gasteiger partial charge is 0.244 e. The maximum atomic E-state index is 12.9. The summed E-state index contributed by atoms with van der Waals surface area (Å²) in [5, 5.41) is 10.8. The van der Waals surface area contributed by atoms with E-state index in [9.17, 15) is 13.5 Å². The average Bonchev–Trinajstić information content (AvgIpc) is 2.54. The molecule has 1 unspecified atom stereocenters. The molecule has 1 atom stereocenters. The second-order valence-corrected chi connectivity index (χ2v) is 6.74. The van der Waals surface area contributed by atoms with Gasteiger partial charge in [-0.25, -0.2) is 8.42 Å². The number of fused-ring (bicyclic) bond motifs is 1. The van der Waals surface area contributed by atoms with Gasteiger partial charge in [-0.2, -0.15) is 4.31 Å². The van der Waals surface area contributed by atoms with Gasteiger partial charge in [0.05, 0.1) is 30.8 Å². The Balaban J connectivity index is 2.12. The molecule has 6 nitrogen and oxygen atoms in total. The molecule has 2 heterocycles. The number of morpholine rings is 1. The van der Waals surface area contributed by atoms with Crippen molar-refractivity contribution in [1.29, 1.82) is 0 Å². The fourth-order valence-corrected chi connectivity index (χ4v) is 4.35. The topological polar surface area (TPSA) is 79.7 Å². The number of benzene rings is 1. The van der Waals surface area contributed by atoms with Crippen molar-refractivity contribution in [3.8, 4) is 0 Å². The van der Waals surface area contributed by atoms with Gasteiger partial charge in [0, 0.05) is 29.7 Å². The minimum atomic E-state index is -3.68. The van der Waals surface area contributed by atoms with Crippen molar-refractivity contribution in [2.45, 2.75) is 10.9 Å². The van der Waals surface area contributed by atoms with Gasteiger partial charge in [-0.1, -0.05) is 12.1 Å². The van der Waals surface area contributed by atoms with Gasteiger partial charge in [0.2, 0.25) is 10.0 Å². The Morgan fingerprint density at radius 2 is 2.24 bits per heavy atom. The first kappa shape index (κ1) is 14.4. The van der Waals surface area contributed by atoms with E-state index in [4.69, 9.17) is 4.74 Å². The van der Waals surface area contributed by atoms with E-state index >= 15 is 0 Å². The summed E-state index contributed by atoms with van der Waals surface area (Å²) in [7, 11) is -3.68. The van der Waals surface area contributed by atoms with Crippen molar-refractivity contribution in [2.24, 2.45) is 0 Å². The monoisotopic (exact) mass is 308 g/mol. The van der Waals surface area contributed by atoms with E-state index < -0.39 is 16.1 Å². The Morgan fingerprint density at radius 1 is 1.38 bits per heavy atom. The third-order valence-corrected chi connectivity index (χ3v) is 5.62. The van der Waals surface area contributed by atoms with Gasteiger partial charge in [-0.05, 0) is 12.1 Å². The molecule has 7 heteroatoms. The van der Waals surface area contributed by atoms with E-state index in [1.54, 1.807) is 30.6 Å².